The summed E-state index contributed by atoms with van der Waals surface area (Å²) >= 11 is 1.33. The van der Waals surface area contributed by atoms with Gasteiger partial charge in [-0.25, -0.2) is 9.78 Å². The molecule has 26 heavy (non-hydrogen) atoms. The molecule has 0 aliphatic heterocycles. The molecule has 0 saturated carbocycles. The Morgan fingerprint density at radius 3 is 3.04 bits per heavy atom. The van der Waals surface area contributed by atoms with Gasteiger partial charge in [-0.15, -0.1) is 11.3 Å². The molecule has 8 heteroatoms. The Morgan fingerprint density at radius 2 is 2.23 bits per heavy atom. The van der Waals surface area contributed by atoms with E-state index in [0.717, 1.165) is 5.39 Å². The van der Waals surface area contributed by atoms with Gasteiger partial charge < -0.3 is 13.6 Å². The van der Waals surface area contributed by atoms with Gasteiger partial charge in [-0.3, -0.25) is 5.43 Å². The summed E-state index contributed by atoms with van der Waals surface area (Å²) in [5, 5.41) is 7.12. The Kier molecular flexibility index (Phi) is 4.24. The number of benzene rings is 1. The third-order valence-corrected chi connectivity index (χ3v) is 4.36. The maximum Gasteiger partial charge on any atom is 0.345 e. The second-order valence-corrected chi connectivity index (χ2v) is 6.13. The van der Waals surface area contributed by atoms with Gasteiger partial charge in [0.05, 0.1) is 30.8 Å². The molecule has 0 amide bonds. The van der Waals surface area contributed by atoms with Crippen LogP contribution < -0.4 is 15.8 Å². The standard InChI is InChI=1S/C18H13N3O4S/c1-23-12-4-5-16-11(7-12)8-14(17(22)25-16)15-10-26-18(20-15)21-19-9-13-3-2-6-24-13/h2-10H,1H3,(H,20,21)/b19-9+. The van der Waals surface area contributed by atoms with Gasteiger partial charge in [-0.2, -0.15) is 5.10 Å². The van der Waals surface area contributed by atoms with Crippen molar-refractivity contribution in [3.05, 3.63) is 64.2 Å². The van der Waals surface area contributed by atoms with Crippen LogP contribution >= 0.6 is 11.3 Å². The molecule has 0 atom stereocenters. The molecule has 130 valence electrons. The number of aromatic nitrogens is 1. The van der Waals surface area contributed by atoms with Gasteiger partial charge in [-0.05, 0) is 36.4 Å². The number of nitrogens with zero attached hydrogens (tertiary/aromatic N) is 2. The Balaban J connectivity index is 1.62. The van der Waals surface area contributed by atoms with Crippen molar-refractivity contribution in [3.63, 3.8) is 0 Å². The third kappa shape index (κ3) is 3.22. The van der Waals surface area contributed by atoms with Gasteiger partial charge >= 0.3 is 5.63 Å². The summed E-state index contributed by atoms with van der Waals surface area (Å²) in [6.45, 7) is 0. The van der Waals surface area contributed by atoms with Crippen molar-refractivity contribution in [2.75, 3.05) is 12.5 Å². The van der Waals surface area contributed by atoms with Crippen LogP contribution in [0, 0.1) is 0 Å². The second kappa shape index (κ2) is 6.85. The number of methoxy groups -OCH3 is 1. The Morgan fingerprint density at radius 1 is 1.31 bits per heavy atom. The molecule has 3 aromatic heterocycles. The van der Waals surface area contributed by atoms with Crippen LogP contribution in [-0.2, 0) is 0 Å². The number of thiazole rings is 1. The zero-order chi connectivity index (χ0) is 17.9. The van der Waals surface area contributed by atoms with E-state index in [2.05, 4.69) is 15.5 Å². The monoisotopic (exact) mass is 367 g/mol. The van der Waals surface area contributed by atoms with Gasteiger partial charge in [0, 0.05) is 10.8 Å². The van der Waals surface area contributed by atoms with Crippen LogP contribution in [-0.4, -0.2) is 18.3 Å². The first-order valence-electron chi connectivity index (χ1n) is 7.63. The predicted molar refractivity (Wildman–Crippen MR) is 100 cm³/mol. The minimum absolute atomic E-state index is 0.380. The predicted octanol–water partition coefficient (Wildman–Crippen LogP) is 3.96. The number of ether oxygens (including phenoxy) is 1. The molecule has 4 rings (SSSR count). The average Bonchev–Trinajstić information content (AvgIpc) is 3.33. The molecule has 7 nitrogen and oxygen atoms in total. The Labute approximate surface area is 151 Å². The molecular formula is C18H13N3O4S. The molecule has 0 spiro atoms. The van der Waals surface area contributed by atoms with E-state index in [1.807, 2.05) is 0 Å². The maximum absolute atomic E-state index is 12.3. The van der Waals surface area contributed by atoms with Crippen LogP contribution in [0.25, 0.3) is 22.2 Å². The van der Waals surface area contributed by atoms with Gasteiger partial charge in [0.2, 0.25) is 5.13 Å². The van der Waals surface area contributed by atoms with Crippen molar-refractivity contribution >= 4 is 33.7 Å². The number of rotatable bonds is 5. The van der Waals surface area contributed by atoms with Gasteiger partial charge in [-0.1, -0.05) is 0 Å². The van der Waals surface area contributed by atoms with E-state index >= 15 is 0 Å². The van der Waals surface area contributed by atoms with Crippen LogP contribution in [0.3, 0.4) is 0 Å². The molecule has 3 heterocycles. The summed E-state index contributed by atoms with van der Waals surface area (Å²) in [4.78, 5) is 16.7. The fourth-order valence-corrected chi connectivity index (χ4v) is 3.03. The van der Waals surface area contributed by atoms with Gasteiger partial charge in [0.15, 0.2) is 0 Å². The van der Waals surface area contributed by atoms with Crippen LogP contribution in [0.4, 0.5) is 5.13 Å². The van der Waals surface area contributed by atoms with E-state index in [0.29, 0.717) is 33.5 Å². The summed E-state index contributed by atoms with van der Waals surface area (Å²) < 4.78 is 15.7. The number of anilines is 1. The lowest BCUT2D eigenvalue weighted by Crippen LogP contribution is -2.03. The number of furan rings is 1. The van der Waals surface area contributed by atoms with Crippen molar-refractivity contribution in [2.45, 2.75) is 0 Å². The molecule has 0 radical (unpaired) electrons. The summed E-state index contributed by atoms with van der Waals surface area (Å²) in [6, 6.07) is 10.6. The molecule has 1 aromatic carbocycles. The van der Waals surface area contributed by atoms with E-state index in [9.17, 15) is 4.79 Å². The number of nitrogens with one attached hydrogen (secondary N) is 1. The van der Waals surface area contributed by atoms with E-state index in [1.165, 1.54) is 17.6 Å². The topological polar surface area (TPSA) is 89.9 Å². The lowest BCUT2D eigenvalue weighted by molar-refractivity contribution is 0.415. The van der Waals surface area contributed by atoms with Crippen LogP contribution in [0.15, 0.2) is 66.8 Å². The quantitative estimate of drug-likeness (QED) is 0.326. The molecule has 0 bridgehead atoms. The highest BCUT2D eigenvalue weighted by Gasteiger charge is 2.12. The fraction of sp³-hybridized carbons (Fsp3) is 0.0556. The molecule has 0 saturated heterocycles. The zero-order valence-corrected chi connectivity index (χ0v) is 14.4. The summed E-state index contributed by atoms with van der Waals surface area (Å²) in [5.41, 5.74) is 3.76. The van der Waals surface area contributed by atoms with Crippen LogP contribution in [0.5, 0.6) is 5.75 Å². The molecule has 0 fully saturated rings. The first-order chi connectivity index (χ1) is 12.7. The third-order valence-electron chi connectivity index (χ3n) is 3.61. The molecule has 0 aliphatic rings. The minimum Gasteiger partial charge on any atom is -0.497 e. The highest BCUT2D eigenvalue weighted by molar-refractivity contribution is 7.14. The molecule has 4 aromatic rings. The van der Waals surface area contributed by atoms with Gasteiger partial charge in [0.25, 0.3) is 0 Å². The molecule has 1 N–H and O–H groups in total. The number of hydrogen-bond donors (Lipinski definition) is 1. The number of hydrazone groups is 1. The summed E-state index contributed by atoms with van der Waals surface area (Å²) in [6.07, 6.45) is 3.11. The number of hydrogen-bond acceptors (Lipinski definition) is 8. The van der Waals surface area contributed by atoms with Crippen molar-refractivity contribution in [2.24, 2.45) is 5.10 Å². The normalized spacial score (nSPS) is 11.3. The SMILES string of the molecule is COc1ccc2oc(=O)c(-c3csc(N/N=C/c4ccco4)n3)cc2c1. The smallest absolute Gasteiger partial charge is 0.345 e. The second-order valence-electron chi connectivity index (χ2n) is 5.27. The minimum atomic E-state index is -0.446. The van der Waals surface area contributed by atoms with E-state index in [4.69, 9.17) is 13.6 Å². The maximum atomic E-state index is 12.3. The van der Waals surface area contributed by atoms with Crippen LogP contribution in [0.2, 0.25) is 0 Å². The van der Waals surface area contributed by atoms with E-state index in [1.54, 1.807) is 55.2 Å². The van der Waals surface area contributed by atoms with Gasteiger partial charge in [0.1, 0.15) is 17.1 Å². The highest BCUT2D eigenvalue weighted by atomic mass is 32.1. The Bertz CT molecular complexity index is 1130. The molecule has 0 unspecified atom stereocenters. The Hall–Kier alpha value is -3.39. The first kappa shape index (κ1) is 16.1. The van der Waals surface area contributed by atoms with E-state index < -0.39 is 5.63 Å². The van der Waals surface area contributed by atoms with Crippen molar-refractivity contribution in [3.8, 4) is 17.0 Å². The lowest BCUT2D eigenvalue weighted by Gasteiger charge is -2.03. The first-order valence-corrected chi connectivity index (χ1v) is 8.51. The fourth-order valence-electron chi connectivity index (χ4n) is 2.37. The largest absolute Gasteiger partial charge is 0.497 e. The molecule has 0 aliphatic carbocycles. The molecular weight excluding hydrogens is 354 g/mol. The van der Waals surface area contributed by atoms with Crippen LogP contribution in [0.1, 0.15) is 5.76 Å². The number of fused-ring (bicyclic) bond motifs is 1. The lowest BCUT2D eigenvalue weighted by atomic mass is 10.1. The van der Waals surface area contributed by atoms with E-state index in [-0.39, 0.29) is 0 Å². The van der Waals surface area contributed by atoms with Crippen molar-refractivity contribution in [1.82, 2.24) is 4.98 Å². The zero-order valence-electron chi connectivity index (χ0n) is 13.6. The van der Waals surface area contributed by atoms with Crippen molar-refractivity contribution in [1.29, 1.82) is 0 Å². The summed E-state index contributed by atoms with van der Waals surface area (Å²) in [7, 11) is 1.59. The average molecular weight is 367 g/mol. The van der Waals surface area contributed by atoms with Crippen molar-refractivity contribution < 1.29 is 13.6 Å². The summed E-state index contributed by atoms with van der Waals surface area (Å²) in [5.74, 6) is 1.31. The highest BCUT2D eigenvalue weighted by Crippen LogP contribution is 2.27.